The van der Waals surface area contributed by atoms with Gasteiger partial charge in [-0.05, 0) is 29.8 Å². The third-order valence-corrected chi connectivity index (χ3v) is 6.00. The average Bonchev–Trinajstić information content (AvgIpc) is 3.09. The number of anilines is 2. The highest BCUT2D eigenvalue weighted by atomic mass is 35.5. The molecule has 1 aliphatic rings. The van der Waals surface area contributed by atoms with Gasteiger partial charge in [-0.25, -0.2) is 4.68 Å². The van der Waals surface area contributed by atoms with E-state index in [0.717, 1.165) is 5.56 Å². The number of fused-ring (bicyclic) bond motifs is 1. The van der Waals surface area contributed by atoms with E-state index in [4.69, 9.17) is 23.2 Å². The van der Waals surface area contributed by atoms with Crippen molar-refractivity contribution in [3.8, 4) is 0 Å². The van der Waals surface area contributed by atoms with Gasteiger partial charge in [0.15, 0.2) is 0 Å². The molecule has 0 saturated heterocycles. The number of amides is 2. The summed E-state index contributed by atoms with van der Waals surface area (Å²) < 4.78 is 1.62. The van der Waals surface area contributed by atoms with Crippen molar-refractivity contribution >= 4 is 58.4 Å². The first-order valence-corrected chi connectivity index (χ1v) is 10.9. The van der Waals surface area contributed by atoms with Gasteiger partial charge < -0.3 is 5.32 Å². The second kappa shape index (κ2) is 9.07. The normalized spacial score (nSPS) is 15.4. The molecule has 2 heterocycles. The third-order valence-electron chi connectivity index (χ3n) is 4.51. The maximum Gasteiger partial charge on any atom is 0.232 e. The van der Waals surface area contributed by atoms with Crippen LogP contribution in [0.25, 0.3) is 0 Å². The summed E-state index contributed by atoms with van der Waals surface area (Å²) in [5, 5.41) is 11.7. The van der Waals surface area contributed by atoms with E-state index in [2.05, 4.69) is 20.7 Å². The van der Waals surface area contributed by atoms with Crippen LogP contribution in [0.4, 0.5) is 11.6 Å². The smallest absolute Gasteiger partial charge is 0.232 e. The molecule has 3 aromatic rings. The van der Waals surface area contributed by atoms with Crippen molar-refractivity contribution in [3.05, 3.63) is 64.1 Å². The number of hydrogen-bond acceptors (Lipinski definition) is 5. The maximum absolute atomic E-state index is 12.4. The Balaban J connectivity index is 1.38. The summed E-state index contributed by atoms with van der Waals surface area (Å²) >= 11 is 13.5. The highest BCUT2D eigenvalue weighted by Crippen LogP contribution is 2.27. The van der Waals surface area contributed by atoms with E-state index in [1.165, 1.54) is 11.8 Å². The van der Waals surface area contributed by atoms with Crippen molar-refractivity contribution in [2.75, 3.05) is 10.6 Å². The Labute approximate surface area is 187 Å². The molecule has 1 atom stereocenters. The van der Waals surface area contributed by atoms with Gasteiger partial charge in [0.25, 0.3) is 0 Å². The Bertz CT molecular complexity index is 1100. The van der Waals surface area contributed by atoms with Crippen LogP contribution < -0.4 is 10.6 Å². The summed E-state index contributed by atoms with van der Waals surface area (Å²) in [5.74, 6) is -0.0659. The summed E-state index contributed by atoms with van der Waals surface area (Å²) in [6.45, 7) is 0.282. The number of hydrogen-bond donors (Lipinski definition) is 2. The van der Waals surface area contributed by atoms with Crippen molar-refractivity contribution in [2.24, 2.45) is 5.92 Å². The standard InChI is InChI=1S/C20H17Cl2N5O2S/c21-14-5-3-6-15(9-14)23-17(28)8-13-10-27-19(24-18(13)29)25-20(26-27)30-11-12-4-1-2-7-16(12)22/h1-7,9,13H,8,10-11H2,(H,23,28)(H,24,25,26,29). The minimum atomic E-state index is -0.542. The van der Waals surface area contributed by atoms with Crippen LogP contribution in [-0.4, -0.2) is 26.6 Å². The van der Waals surface area contributed by atoms with Gasteiger partial charge in [-0.3, -0.25) is 14.9 Å². The molecule has 0 saturated carbocycles. The molecule has 1 aromatic heterocycles. The Morgan fingerprint density at radius 1 is 1.23 bits per heavy atom. The minimum Gasteiger partial charge on any atom is -0.326 e. The number of thioether (sulfide) groups is 1. The van der Waals surface area contributed by atoms with Crippen LogP contribution in [0.15, 0.2) is 53.7 Å². The van der Waals surface area contributed by atoms with Crippen LogP contribution in [0, 0.1) is 5.92 Å². The van der Waals surface area contributed by atoms with E-state index in [9.17, 15) is 9.59 Å². The molecule has 10 heteroatoms. The largest absolute Gasteiger partial charge is 0.326 e. The zero-order chi connectivity index (χ0) is 21.1. The molecule has 0 radical (unpaired) electrons. The van der Waals surface area contributed by atoms with Crippen LogP contribution in [-0.2, 0) is 21.9 Å². The highest BCUT2D eigenvalue weighted by molar-refractivity contribution is 7.98. The highest BCUT2D eigenvalue weighted by Gasteiger charge is 2.30. The number of halogens is 2. The first-order valence-electron chi connectivity index (χ1n) is 9.15. The first kappa shape index (κ1) is 20.7. The predicted octanol–water partition coefficient (Wildman–Crippen LogP) is 4.47. The minimum absolute atomic E-state index is 0.0275. The number of rotatable bonds is 6. The fourth-order valence-corrected chi connectivity index (χ4v) is 4.34. The van der Waals surface area contributed by atoms with E-state index >= 15 is 0 Å². The van der Waals surface area contributed by atoms with E-state index in [1.54, 1.807) is 28.9 Å². The van der Waals surface area contributed by atoms with Crippen molar-refractivity contribution in [1.82, 2.24) is 14.8 Å². The topological polar surface area (TPSA) is 88.9 Å². The second-order valence-corrected chi connectivity index (χ2v) is 8.52. The van der Waals surface area contributed by atoms with Crippen LogP contribution >= 0.6 is 35.0 Å². The summed E-state index contributed by atoms with van der Waals surface area (Å²) in [6, 6.07) is 14.4. The molecule has 30 heavy (non-hydrogen) atoms. The molecule has 1 aliphatic heterocycles. The zero-order valence-corrected chi connectivity index (χ0v) is 18.0. The molecule has 2 aromatic carbocycles. The van der Waals surface area contributed by atoms with Gasteiger partial charge in [0.1, 0.15) is 0 Å². The molecule has 0 spiro atoms. The second-order valence-electron chi connectivity index (χ2n) is 6.73. The number of carbonyl (C=O) groups is 2. The van der Waals surface area contributed by atoms with E-state index in [1.807, 2.05) is 24.3 Å². The van der Waals surface area contributed by atoms with Crippen molar-refractivity contribution in [2.45, 2.75) is 23.9 Å². The molecule has 1 unspecified atom stereocenters. The maximum atomic E-state index is 12.4. The van der Waals surface area contributed by atoms with E-state index in [-0.39, 0.29) is 24.8 Å². The van der Waals surface area contributed by atoms with Crippen molar-refractivity contribution in [3.63, 3.8) is 0 Å². The summed E-state index contributed by atoms with van der Waals surface area (Å²) in [7, 11) is 0. The third kappa shape index (κ3) is 4.95. The Hall–Kier alpha value is -2.55. The van der Waals surface area contributed by atoms with Gasteiger partial charge in [-0.2, -0.15) is 4.98 Å². The molecule has 7 nitrogen and oxygen atoms in total. The molecule has 154 valence electrons. The zero-order valence-electron chi connectivity index (χ0n) is 15.6. The Morgan fingerprint density at radius 2 is 2.07 bits per heavy atom. The summed E-state index contributed by atoms with van der Waals surface area (Å²) in [6.07, 6.45) is 0.0275. The summed E-state index contributed by atoms with van der Waals surface area (Å²) in [5.41, 5.74) is 1.57. The van der Waals surface area contributed by atoms with Crippen LogP contribution in [0.3, 0.4) is 0 Å². The number of benzene rings is 2. The average molecular weight is 462 g/mol. The molecule has 0 bridgehead atoms. The van der Waals surface area contributed by atoms with Gasteiger partial charge in [0.05, 0.1) is 12.5 Å². The van der Waals surface area contributed by atoms with Crippen LogP contribution in [0.1, 0.15) is 12.0 Å². The van der Waals surface area contributed by atoms with Gasteiger partial charge >= 0.3 is 0 Å². The molecular formula is C20H17Cl2N5O2S. The SMILES string of the molecule is O=C(CC1Cn2nc(SCc3ccccc3Cl)nc2NC1=O)Nc1cccc(Cl)c1. The monoisotopic (exact) mass is 461 g/mol. The molecule has 0 fully saturated rings. The number of nitrogens with one attached hydrogen (secondary N) is 2. The predicted molar refractivity (Wildman–Crippen MR) is 118 cm³/mol. The van der Waals surface area contributed by atoms with Crippen molar-refractivity contribution in [1.29, 1.82) is 0 Å². The molecule has 4 rings (SSSR count). The lowest BCUT2D eigenvalue weighted by atomic mass is 10.0. The number of carbonyl (C=O) groups excluding carboxylic acids is 2. The van der Waals surface area contributed by atoms with Crippen LogP contribution in [0.5, 0.6) is 0 Å². The van der Waals surface area contributed by atoms with Gasteiger partial charge in [0.2, 0.25) is 22.9 Å². The van der Waals surface area contributed by atoms with Gasteiger partial charge in [-0.15, -0.1) is 5.10 Å². The number of nitrogens with zero attached hydrogens (tertiary/aromatic N) is 3. The molecule has 2 amide bonds. The Morgan fingerprint density at radius 3 is 2.87 bits per heavy atom. The van der Waals surface area contributed by atoms with Crippen molar-refractivity contribution < 1.29 is 9.59 Å². The van der Waals surface area contributed by atoms with Crippen LogP contribution in [0.2, 0.25) is 10.0 Å². The first-order chi connectivity index (χ1) is 14.5. The van der Waals surface area contributed by atoms with Gasteiger partial charge in [0, 0.05) is 27.9 Å². The lowest BCUT2D eigenvalue weighted by Crippen LogP contribution is -2.36. The quantitative estimate of drug-likeness (QED) is 0.528. The molecular weight excluding hydrogens is 445 g/mol. The van der Waals surface area contributed by atoms with Gasteiger partial charge in [-0.1, -0.05) is 59.2 Å². The van der Waals surface area contributed by atoms with E-state index in [0.29, 0.717) is 32.6 Å². The number of aromatic nitrogens is 3. The van der Waals surface area contributed by atoms with E-state index < -0.39 is 5.92 Å². The summed E-state index contributed by atoms with van der Waals surface area (Å²) in [4.78, 5) is 29.1. The lowest BCUT2D eigenvalue weighted by molar-refractivity contribution is -0.126. The molecule has 0 aliphatic carbocycles. The lowest BCUT2D eigenvalue weighted by Gasteiger charge is -2.21. The Kier molecular flexibility index (Phi) is 6.26. The molecule has 2 N–H and O–H groups in total. The fraction of sp³-hybridized carbons (Fsp3) is 0.200. The fourth-order valence-electron chi connectivity index (χ4n) is 3.02.